The Morgan fingerprint density at radius 3 is 2.71 bits per heavy atom. The molecule has 3 aliphatic carbocycles. The van der Waals surface area contributed by atoms with E-state index in [4.69, 9.17) is 0 Å². The van der Waals surface area contributed by atoms with Gasteiger partial charge in [-0.1, -0.05) is 45.0 Å². The summed E-state index contributed by atoms with van der Waals surface area (Å²) >= 11 is 0. The zero-order valence-electron chi connectivity index (χ0n) is 11.2. The van der Waals surface area contributed by atoms with Crippen LogP contribution in [0.15, 0.2) is 24.3 Å². The van der Waals surface area contributed by atoms with E-state index in [1.165, 1.54) is 19.3 Å². The summed E-state index contributed by atoms with van der Waals surface area (Å²) in [5, 5.41) is 0. The van der Waals surface area contributed by atoms with Crippen LogP contribution < -0.4 is 0 Å². The van der Waals surface area contributed by atoms with Crippen LogP contribution in [-0.2, 0) is 6.42 Å². The van der Waals surface area contributed by atoms with Gasteiger partial charge in [-0.25, -0.2) is 0 Å². The van der Waals surface area contributed by atoms with Gasteiger partial charge in [-0.05, 0) is 59.0 Å². The molecule has 2 fully saturated rings. The van der Waals surface area contributed by atoms with Gasteiger partial charge < -0.3 is 0 Å². The van der Waals surface area contributed by atoms with Crippen molar-refractivity contribution < 1.29 is 0 Å². The third kappa shape index (κ3) is 1.05. The Morgan fingerprint density at radius 1 is 1.12 bits per heavy atom. The Bertz CT molecular complexity index is 485. The highest BCUT2D eigenvalue weighted by molar-refractivity contribution is 5.39. The average molecular weight is 226 g/mol. The lowest BCUT2D eigenvalue weighted by atomic mass is 9.62. The Morgan fingerprint density at radius 2 is 1.88 bits per heavy atom. The minimum atomic E-state index is 0.600. The molecule has 0 saturated heterocycles. The van der Waals surface area contributed by atoms with Gasteiger partial charge in [-0.2, -0.15) is 0 Å². The molecular formula is C17H22. The summed E-state index contributed by atoms with van der Waals surface area (Å²) in [4.78, 5) is 0. The van der Waals surface area contributed by atoms with E-state index in [1.54, 1.807) is 11.1 Å². The van der Waals surface area contributed by atoms with Crippen molar-refractivity contribution in [3.63, 3.8) is 0 Å². The first-order valence-corrected chi connectivity index (χ1v) is 7.13. The fourth-order valence-corrected chi connectivity index (χ4v) is 5.55. The van der Waals surface area contributed by atoms with Gasteiger partial charge in [0.2, 0.25) is 0 Å². The quantitative estimate of drug-likeness (QED) is 0.615. The zero-order valence-corrected chi connectivity index (χ0v) is 11.2. The molecule has 4 rings (SSSR count). The molecule has 0 heteroatoms. The highest BCUT2D eigenvalue weighted by Gasteiger charge is 2.72. The van der Waals surface area contributed by atoms with Crippen LogP contribution in [-0.4, -0.2) is 0 Å². The van der Waals surface area contributed by atoms with Gasteiger partial charge in [0.15, 0.2) is 0 Å². The fourth-order valence-electron chi connectivity index (χ4n) is 5.55. The first-order chi connectivity index (χ1) is 8.05. The molecule has 0 nitrogen and oxygen atoms in total. The van der Waals surface area contributed by atoms with E-state index in [-0.39, 0.29) is 0 Å². The van der Waals surface area contributed by atoms with Gasteiger partial charge in [0.25, 0.3) is 0 Å². The molecule has 0 bridgehead atoms. The van der Waals surface area contributed by atoms with Crippen LogP contribution in [0.2, 0.25) is 0 Å². The minimum Gasteiger partial charge on any atom is -0.0620 e. The summed E-state index contributed by atoms with van der Waals surface area (Å²) in [5.41, 5.74) is 4.55. The maximum absolute atomic E-state index is 2.58. The molecule has 3 aliphatic rings. The molecule has 0 aromatic heterocycles. The third-order valence-electron chi connectivity index (χ3n) is 6.41. The van der Waals surface area contributed by atoms with E-state index in [2.05, 4.69) is 45.0 Å². The van der Waals surface area contributed by atoms with Gasteiger partial charge in [0, 0.05) is 0 Å². The molecule has 1 aromatic carbocycles. The van der Waals surface area contributed by atoms with Crippen molar-refractivity contribution in [3.05, 3.63) is 35.4 Å². The molecule has 2 saturated carbocycles. The molecular weight excluding hydrogens is 204 g/mol. The summed E-state index contributed by atoms with van der Waals surface area (Å²) < 4.78 is 0. The van der Waals surface area contributed by atoms with E-state index in [1.807, 2.05) is 0 Å². The summed E-state index contributed by atoms with van der Waals surface area (Å²) in [5.74, 6) is 2.85. The van der Waals surface area contributed by atoms with Gasteiger partial charge >= 0.3 is 0 Å². The van der Waals surface area contributed by atoms with Crippen molar-refractivity contribution in [1.82, 2.24) is 0 Å². The van der Waals surface area contributed by atoms with Crippen molar-refractivity contribution >= 4 is 0 Å². The normalized spacial score (nSPS) is 44.8. The summed E-state index contributed by atoms with van der Waals surface area (Å²) in [6.07, 6.45) is 4.17. The van der Waals surface area contributed by atoms with Crippen LogP contribution in [0.5, 0.6) is 0 Å². The topological polar surface area (TPSA) is 0 Å². The number of benzene rings is 1. The average Bonchev–Trinajstić information content (AvgIpc) is 2.68. The van der Waals surface area contributed by atoms with Crippen LogP contribution in [0.3, 0.4) is 0 Å². The Hall–Kier alpha value is -0.780. The van der Waals surface area contributed by atoms with Crippen LogP contribution in [0.4, 0.5) is 0 Å². The molecule has 90 valence electrons. The number of hydrogen-bond acceptors (Lipinski definition) is 0. The second kappa shape index (κ2) is 2.79. The molecule has 0 aliphatic heterocycles. The minimum absolute atomic E-state index is 0.600. The lowest BCUT2D eigenvalue weighted by molar-refractivity contribution is 0.169. The highest BCUT2D eigenvalue weighted by atomic mass is 14.8. The molecule has 0 N–H and O–H groups in total. The Labute approximate surface area is 104 Å². The Kier molecular flexibility index (Phi) is 1.67. The second-order valence-electron chi connectivity index (χ2n) is 7.40. The molecule has 17 heavy (non-hydrogen) atoms. The first kappa shape index (κ1) is 10.2. The van der Waals surface area contributed by atoms with Crippen LogP contribution >= 0.6 is 0 Å². The van der Waals surface area contributed by atoms with Crippen LogP contribution in [0, 0.1) is 22.7 Å². The second-order valence-corrected chi connectivity index (χ2v) is 7.40. The van der Waals surface area contributed by atoms with E-state index in [0.29, 0.717) is 10.8 Å². The summed E-state index contributed by atoms with van der Waals surface area (Å²) in [7, 11) is 0. The molecule has 0 heterocycles. The smallest absolute Gasteiger partial charge is 0.00992 e. The lowest BCUT2D eigenvalue weighted by Crippen LogP contribution is -2.32. The predicted octanol–water partition coefficient (Wildman–Crippen LogP) is 4.40. The van der Waals surface area contributed by atoms with Crippen LogP contribution in [0.1, 0.15) is 50.7 Å². The van der Waals surface area contributed by atoms with Crippen LogP contribution in [0.25, 0.3) is 0 Å². The monoisotopic (exact) mass is 226 g/mol. The maximum atomic E-state index is 2.58. The fraction of sp³-hybridized carbons (Fsp3) is 0.647. The van der Waals surface area contributed by atoms with Crippen molar-refractivity contribution in [1.29, 1.82) is 0 Å². The molecule has 2 unspecified atom stereocenters. The third-order valence-corrected chi connectivity index (χ3v) is 6.41. The van der Waals surface area contributed by atoms with Crippen molar-refractivity contribution in [3.8, 4) is 0 Å². The number of hydrogen-bond donors (Lipinski definition) is 0. The first-order valence-electron chi connectivity index (χ1n) is 7.13. The lowest BCUT2D eigenvalue weighted by Gasteiger charge is -2.42. The largest absolute Gasteiger partial charge is 0.0620 e. The molecule has 0 radical (unpaired) electrons. The Balaban J connectivity index is 1.80. The van der Waals surface area contributed by atoms with E-state index in [9.17, 15) is 0 Å². The standard InChI is InChI=1S/C17H22/c1-16(2)14-10-13-12-7-5-4-6-11(12)8-9-17(13,3)15(14)16/h4-7,13-15H,8-10H2,1-3H3/t13-,14?,15?,17+/m1/s1. The number of aryl methyl sites for hydroxylation is 1. The van der Waals surface area contributed by atoms with E-state index >= 15 is 0 Å². The highest BCUT2D eigenvalue weighted by Crippen LogP contribution is 2.79. The molecule has 1 aromatic rings. The van der Waals surface area contributed by atoms with E-state index < -0.39 is 0 Å². The molecule has 0 amide bonds. The van der Waals surface area contributed by atoms with Crippen molar-refractivity contribution in [2.75, 3.05) is 0 Å². The van der Waals surface area contributed by atoms with Gasteiger partial charge in [0.05, 0.1) is 0 Å². The van der Waals surface area contributed by atoms with Gasteiger partial charge in [-0.15, -0.1) is 0 Å². The zero-order chi connectivity index (χ0) is 11.8. The van der Waals surface area contributed by atoms with Gasteiger partial charge in [0.1, 0.15) is 0 Å². The number of rotatable bonds is 0. The summed E-state index contributed by atoms with van der Waals surface area (Å²) in [6.45, 7) is 7.56. The van der Waals surface area contributed by atoms with Crippen molar-refractivity contribution in [2.24, 2.45) is 22.7 Å². The molecule has 0 spiro atoms. The summed E-state index contributed by atoms with van der Waals surface area (Å²) in [6, 6.07) is 9.19. The molecule has 4 atom stereocenters. The maximum Gasteiger partial charge on any atom is -0.00992 e. The SMILES string of the molecule is CC1(C)C2C[C@@H]3c4ccccc4CC[C@]3(C)C21. The predicted molar refractivity (Wildman–Crippen MR) is 71.0 cm³/mol. The van der Waals surface area contributed by atoms with Crippen molar-refractivity contribution in [2.45, 2.75) is 46.0 Å². The number of fused-ring (bicyclic) bond motifs is 5. The van der Waals surface area contributed by atoms with E-state index in [0.717, 1.165) is 17.8 Å². The van der Waals surface area contributed by atoms with Gasteiger partial charge in [-0.3, -0.25) is 0 Å².